The van der Waals surface area contributed by atoms with Gasteiger partial charge in [0.1, 0.15) is 5.82 Å². The number of benzene rings is 7. The zero-order valence-electron chi connectivity index (χ0n) is 23.3. The Morgan fingerprint density at radius 2 is 0.977 bits per heavy atom. The Balaban J connectivity index is 1.40. The van der Waals surface area contributed by atoms with Crippen molar-refractivity contribution in [1.82, 2.24) is 14.5 Å². The molecule has 0 bridgehead atoms. The summed E-state index contributed by atoms with van der Waals surface area (Å²) >= 11 is 0. The number of rotatable bonds is 3. The molecule has 0 saturated heterocycles. The lowest BCUT2D eigenvalue weighted by Crippen LogP contribution is -1.99. The lowest BCUT2D eigenvalue weighted by atomic mass is 9.90. The van der Waals surface area contributed by atoms with E-state index < -0.39 is 0 Å². The topological polar surface area (TPSA) is 30.7 Å². The Hall–Kier alpha value is -5.80. The fraction of sp³-hybridized carbons (Fsp3) is 0. The van der Waals surface area contributed by atoms with E-state index in [1.165, 1.54) is 37.7 Å². The highest BCUT2D eigenvalue weighted by Gasteiger charge is 2.19. The molecule has 3 heteroatoms. The fourth-order valence-electron chi connectivity index (χ4n) is 6.70. The summed E-state index contributed by atoms with van der Waals surface area (Å²) in [6.07, 6.45) is 0. The second kappa shape index (κ2) is 9.37. The number of aromatic nitrogens is 3. The minimum atomic E-state index is 0.923. The SMILES string of the molecule is c1ccc(-c2nc3ccccc3n2-c2cccc(-c3nc4ccccc4c4c5ccccc5c5ccccc5c34)c2)cc1. The lowest BCUT2D eigenvalue weighted by Gasteiger charge is -2.17. The van der Waals surface area contributed by atoms with Crippen LogP contribution in [0, 0.1) is 0 Å². The van der Waals surface area contributed by atoms with Crippen LogP contribution in [0.5, 0.6) is 0 Å². The summed E-state index contributed by atoms with van der Waals surface area (Å²) in [5.74, 6) is 0.923. The smallest absolute Gasteiger partial charge is 0.145 e. The average molecular weight is 548 g/mol. The Morgan fingerprint density at radius 3 is 1.74 bits per heavy atom. The summed E-state index contributed by atoms with van der Waals surface area (Å²) in [5, 5.41) is 8.58. The van der Waals surface area contributed by atoms with Crippen LogP contribution in [-0.4, -0.2) is 14.5 Å². The largest absolute Gasteiger partial charge is 0.292 e. The van der Waals surface area contributed by atoms with Gasteiger partial charge in [-0.3, -0.25) is 4.57 Å². The molecule has 3 nitrogen and oxygen atoms in total. The van der Waals surface area contributed by atoms with Crippen LogP contribution in [0.3, 0.4) is 0 Å². The lowest BCUT2D eigenvalue weighted by molar-refractivity contribution is 1.10. The van der Waals surface area contributed by atoms with Gasteiger partial charge in [0.2, 0.25) is 0 Å². The van der Waals surface area contributed by atoms with Crippen LogP contribution in [0.25, 0.3) is 82.6 Å². The van der Waals surface area contributed by atoms with Crippen molar-refractivity contribution < 1.29 is 0 Å². The summed E-state index contributed by atoms with van der Waals surface area (Å²) in [5.41, 5.74) is 7.24. The molecule has 0 saturated carbocycles. The maximum Gasteiger partial charge on any atom is 0.145 e. The van der Waals surface area contributed by atoms with Crippen molar-refractivity contribution >= 4 is 54.3 Å². The highest BCUT2D eigenvalue weighted by Crippen LogP contribution is 2.43. The number of imidazole rings is 1. The molecule has 200 valence electrons. The van der Waals surface area contributed by atoms with Crippen LogP contribution < -0.4 is 0 Å². The van der Waals surface area contributed by atoms with Gasteiger partial charge in [-0.15, -0.1) is 0 Å². The van der Waals surface area contributed by atoms with Gasteiger partial charge in [0.05, 0.1) is 22.2 Å². The second-order valence-corrected chi connectivity index (χ2v) is 11.0. The van der Waals surface area contributed by atoms with Crippen molar-refractivity contribution in [2.45, 2.75) is 0 Å². The van der Waals surface area contributed by atoms with E-state index in [1.54, 1.807) is 0 Å². The summed E-state index contributed by atoms with van der Waals surface area (Å²) in [4.78, 5) is 10.4. The predicted molar refractivity (Wildman–Crippen MR) is 180 cm³/mol. The molecule has 9 aromatic rings. The van der Waals surface area contributed by atoms with Crippen molar-refractivity contribution in [3.8, 4) is 28.3 Å². The maximum absolute atomic E-state index is 5.37. The number of nitrogens with zero attached hydrogens (tertiary/aromatic N) is 3. The van der Waals surface area contributed by atoms with Crippen LogP contribution in [0.15, 0.2) is 152 Å². The molecule has 0 aliphatic rings. The van der Waals surface area contributed by atoms with E-state index in [0.717, 1.165) is 44.9 Å². The molecule has 0 aliphatic heterocycles. The Bertz CT molecular complexity index is 2510. The quantitative estimate of drug-likeness (QED) is 0.206. The third-order valence-corrected chi connectivity index (χ3v) is 8.55. The van der Waals surface area contributed by atoms with Gasteiger partial charge in [0.25, 0.3) is 0 Å². The Morgan fingerprint density at radius 1 is 0.395 bits per heavy atom. The highest BCUT2D eigenvalue weighted by molar-refractivity contribution is 6.33. The molecule has 9 rings (SSSR count). The molecule has 2 heterocycles. The van der Waals surface area contributed by atoms with Crippen LogP contribution in [0.4, 0.5) is 0 Å². The molecule has 43 heavy (non-hydrogen) atoms. The van der Waals surface area contributed by atoms with E-state index in [9.17, 15) is 0 Å². The zero-order valence-corrected chi connectivity index (χ0v) is 23.3. The zero-order chi connectivity index (χ0) is 28.3. The second-order valence-electron chi connectivity index (χ2n) is 11.0. The molecule has 0 atom stereocenters. The first-order valence-electron chi connectivity index (χ1n) is 14.6. The van der Waals surface area contributed by atoms with Crippen molar-refractivity contribution in [3.05, 3.63) is 152 Å². The first-order chi connectivity index (χ1) is 21.3. The minimum absolute atomic E-state index is 0.923. The standard InChI is InChI=1S/C40H25N3/c1-2-13-26(14-3-1)40-42-35-23-10-11-24-36(35)43(40)28-16-12-15-27(25-28)39-38-32-20-7-5-18-30(32)29-17-4-6-19-31(29)37(38)33-21-8-9-22-34(33)41-39/h1-25H. The van der Waals surface area contributed by atoms with Crippen LogP contribution in [0.1, 0.15) is 0 Å². The molecular formula is C40H25N3. The van der Waals surface area contributed by atoms with Crippen molar-refractivity contribution in [2.24, 2.45) is 0 Å². The fourth-order valence-corrected chi connectivity index (χ4v) is 6.70. The molecule has 0 spiro atoms. The number of para-hydroxylation sites is 3. The van der Waals surface area contributed by atoms with E-state index in [-0.39, 0.29) is 0 Å². The number of hydrogen-bond acceptors (Lipinski definition) is 2. The van der Waals surface area contributed by atoms with Gasteiger partial charge in [-0.1, -0.05) is 121 Å². The molecule has 0 unspecified atom stereocenters. The van der Waals surface area contributed by atoms with Crippen LogP contribution in [-0.2, 0) is 0 Å². The summed E-state index contributed by atoms with van der Waals surface area (Å²) < 4.78 is 2.27. The van der Waals surface area contributed by atoms with Crippen molar-refractivity contribution in [3.63, 3.8) is 0 Å². The van der Waals surface area contributed by atoms with E-state index in [2.05, 4.69) is 144 Å². The number of pyridine rings is 1. The van der Waals surface area contributed by atoms with Crippen molar-refractivity contribution in [2.75, 3.05) is 0 Å². The Labute approximate surface area is 248 Å². The molecule has 0 fully saturated rings. The van der Waals surface area contributed by atoms with E-state index in [4.69, 9.17) is 9.97 Å². The highest BCUT2D eigenvalue weighted by atomic mass is 15.1. The molecule has 0 aliphatic carbocycles. The Kier molecular flexibility index (Phi) is 5.20. The summed E-state index contributed by atoms with van der Waals surface area (Å²) in [6, 6.07) is 53.5. The van der Waals surface area contributed by atoms with Gasteiger partial charge in [0, 0.05) is 33.0 Å². The number of fused-ring (bicyclic) bond motifs is 9. The molecule has 0 amide bonds. The molecule has 2 aromatic heterocycles. The first kappa shape index (κ1) is 23.9. The first-order valence-corrected chi connectivity index (χ1v) is 14.6. The van der Waals surface area contributed by atoms with Crippen molar-refractivity contribution in [1.29, 1.82) is 0 Å². The normalized spacial score (nSPS) is 11.7. The van der Waals surface area contributed by atoms with Gasteiger partial charge in [-0.25, -0.2) is 9.97 Å². The van der Waals surface area contributed by atoms with Gasteiger partial charge < -0.3 is 0 Å². The summed E-state index contributed by atoms with van der Waals surface area (Å²) in [7, 11) is 0. The average Bonchev–Trinajstić information content (AvgIpc) is 3.48. The maximum atomic E-state index is 5.37. The van der Waals surface area contributed by atoms with E-state index >= 15 is 0 Å². The third-order valence-electron chi connectivity index (χ3n) is 8.55. The molecule has 0 radical (unpaired) electrons. The van der Waals surface area contributed by atoms with E-state index in [1.807, 2.05) is 12.1 Å². The van der Waals surface area contributed by atoms with Gasteiger partial charge in [-0.2, -0.15) is 0 Å². The third kappa shape index (κ3) is 3.62. The monoisotopic (exact) mass is 547 g/mol. The van der Waals surface area contributed by atoms with Gasteiger partial charge in [-0.05, 0) is 51.9 Å². The molecular weight excluding hydrogens is 522 g/mol. The predicted octanol–water partition coefficient (Wildman–Crippen LogP) is 10.4. The molecule has 7 aromatic carbocycles. The van der Waals surface area contributed by atoms with Crippen LogP contribution >= 0.6 is 0 Å². The number of hydrogen-bond donors (Lipinski definition) is 0. The van der Waals surface area contributed by atoms with Gasteiger partial charge in [0.15, 0.2) is 0 Å². The van der Waals surface area contributed by atoms with Crippen LogP contribution in [0.2, 0.25) is 0 Å². The van der Waals surface area contributed by atoms with E-state index in [0.29, 0.717) is 0 Å². The minimum Gasteiger partial charge on any atom is -0.292 e. The molecule has 0 N–H and O–H groups in total. The summed E-state index contributed by atoms with van der Waals surface area (Å²) in [6.45, 7) is 0. The van der Waals surface area contributed by atoms with Gasteiger partial charge >= 0.3 is 0 Å².